The molecule has 1 aliphatic heterocycles. The van der Waals surface area contributed by atoms with Crippen LogP contribution in [0.4, 0.5) is 4.79 Å². The number of rotatable bonds is 6. The highest BCUT2D eigenvalue weighted by Crippen LogP contribution is 2.30. The van der Waals surface area contributed by atoms with E-state index in [1.165, 1.54) is 0 Å². The molecule has 0 spiro atoms. The molecule has 0 N–H and O–H groups in total. The molecule has 1 unspecified atom stereocenters. The summed E-state index contributed by atoms with van der Waals surface area (Å²) in [5, 5.41) is 0. The van der Waals surface area contributed by atoms with Gasteiger partial charge in [0.15, 0.2) is 0 Å². The maximum atomic E-state index is 12.2. The first-order valence-electron chi connectivity index (χ1n) is 8.49. The normalized spacial score (nSPS) is 17.7. The van der Waals surface area contributed by atoms with Crippen LogP contribution < -0.4 is 0 Å². The average molecular weight is 348 g/mol. The number of esters is 1. The van der Waals surface area contributed by atoms with Gasteiger partial charge in [0.25, 0.3) is 0 Å². The molecular weight excluding hydrogens is 318 g/mol. The van der Waals surface area contributed by atoms with E-state index in [4.69, 9.17) is 21.1 Å². The Bertz CT molecular complexity index is 387. The minimum atomic E-state index is -0.484. The molecule has 6 heteroatoms. The summed E-state index contributed by atoms with van der Waals surface area (Å²) in [6, 6.07) is 0. The Balaban J connectivity index is 2.56. The summed E-state index contributed by atoms with van der Waals surface area (Å²) in [5.74, 6) is 0.547. The number of hydrogen-bond donors (Lipinski definition) is 0. The number of carbonyl (C=O) groups is 2. The van der Waals surface area contributed by atoms with Gasteiger partial charge in [-0.3, -0.25) is 4.79 Å². The van der Waals surface area contributed by atoms with Crippen LogP contribution in [0, 0.1) is 11.8 Å². The van der Waals surface area contributed by atoms with Crippen LogP contribution in [-0.2, 0) is 14.3 Å². The molecular formula is C17H30ClNO4. The van der Waals surface area contributed by atoms with E-state index in [1.54, 1.807) is 4.90 Å². The van der Waals surface area contributed by atoms with Gasteiger partial charge in [0, 0.05) is 19.0 Å². The van der Waals surface area contributed by atoms with Crippen LogP contribution in [0.1, 0.15) is 53.4 Å². The van der Waals surface area contributed by atoms with Crippen molar-refractivity contribution in [2.75, 3.05) is 25.6 Å². The molecule has 0 aromatic heterocycles. The molecule has 23 heavy (non-hydrogen) atoms. The summed E-state index contributed by atoms with van der Waals surface area (Å²) in [7, 11) is 0. The summed E-state index contributed by atoms with van der Waals surface area (Å²) in [5.41, 5.74) is -0.484. The Morgan fingerprint density at radius 1 is 1.26 bits per heavy atom. The van der Waals surface area contributed by atoms with Crippen LogP contribution in [0.3, 0.4) is 0 Å². The van der Waals surface area contributed by atoms with E-state index in [2.05, 4.69) is 0 Å². The van der Waals surface area contributed by atoms with Crippen molar-refractivity contribution in [2.45, 2.75) is 59.0 Å². The third kappa shape index (κ3) is 6.98. The molecule has 0 radical (unpaired) electrons. The fourth-order valence-corrected chi connectivity index (χ4v) is 3.06. The van der Waals surface area contributed by atoms with Gasteiger partial charge in [-0.05, 0) is 59.3 Å². The van der Waals surface area contributed by atoms with Crippen LogP contribution in [-0.4, -0.2) is 48.1 Å². The summed E-state index contributed by atoms with van der Waals surface area (Å²) < 4.78 is 10.6. The maximum absolute atomic E-state index is 12.2. The molecule has 0 saturated carbocycles. The van der Waals surface area contributed by atoms with E-state index >= 15 is 0 Å². The lowest BCUT2D eigenvalue weighted by Crippen LogP contribution is -2.43. The van der Waals surface area contributed by atoms with Gasteiger partial charge in [-0.2, -0.15) is 0 Å². The second kappa shape index (κ2) is 9.36. The number of piperidine rings is 1. The van der Waals surface area contributed by atoms with Crippen molar-refractivity contribution in [3.05, 3.63) is 0 Å². The van der Waals surface area contributed by atoms with Crippen LogP contribution in [0.5, 0.6) is 0 Å². The smallest absolute Gasteiger partial charge is 0.410 e. The van der Waals surface area contributed by atoms with Crippen molar-refractivity contribution in [3.8, 4) is 0 Å². The number of alkyl halides is 1. The maximum Gasteiger partial charge on any atom is 0.410 e. The highest BCUT2D eigenvalue weighted by molar-refractivity contribution is 6.17. The first kappa shape index (κ1) is 20.1. The van der Waals surface area contributed by atoms with Gasteiger partial charge in [0.1, 0.15) is 5.60 Å². The van der Waals surface area contributed by atoms with Crippen molar-refractivity contribution >= 4 is 23.7 Å². The van der Waals surface area contributed by atoms with Crippen molar-refractivity contribution in [3.63, 3.8) is 0 Å². The van der Waals surface area contributed by atoms with Gasteiger partial charge in [-0.25, -0.2) is 4.79 Å². The van der Waals surface area contributed by atoms with Crippen LogP contribution in [0.2, 0.25) is 0 Å². The Morgan fingerprint density at radius 3 is 2.35 bits per heavy atom. The molecule has 1 rings (SSSR count). The molecule has 1 saturated heterocycles. The SMILES string of the molecule is CCOC(=O)C(CCCCl)C1CCN(C(=O)OC(C)(C)C)CC1. The second-order valence-electron chi connectivity index (χ2n) is 6.99. The first-order valence-corrected chi connectivity index (χ1v) is 9.02. The monoisotopic (exact) mass is 347 g/mol. The molecule has 1 atom stereocenters. The van der Waals surface area contributed by atoms with Crippen molar-refractivity contribution in [2.24, 2.45) is 11.8 Å². The summed E-state index contributed by atoms with van der Waals surface area (Å²) in [4.78, 5) is 26.0. The van der Waals surface area contributed by atoms with E-state index in [9.17, 15) is 9.59 Å². The highest BCUT2D eigenvalue weighted by atomic mass is 35.5. The van der Waals surface area contributed by atoms with Crippen molar-refractivity contribution < 1.29 is 19.1 Å². The summed E-state index contributed by atoms with van der Waals surface area (Å²) in [6.07, 6.45) is 2.87. The Labute approximate surface area is 144 Å². The third-order valence-electron chi connectivity index (χ3n) is 4.00. The highest BCUT2D eigenvalue weighted by Gasteiger charge is 2.34. The predicted octanol–water partition coefficient (Wildman–Crippen LogP) is 3.83. The van der Waals surface area contributed by atoms with Gasteiger partial charge in [-0.15, -0.1) is 11.6 Å². The minimum absolute atomic E-state index is 0.116. The predicted molar refractivity (Wildman–Crippen MR) is 90.6 cm³/mol. The first-order chi connectivity index (χ1) is 10.8. The van der Waals surface area contributed by atoms with E-state index in [0.29, 0.717) is 25.6 Å². The summed E-state index contributed by atoms with van der Waals surface area (Å²) in [6.45, 7) is 9.04. The lowest BCUT2D eigenvalue weighted by atomic mass is 9.82. The lowest BCUT2D eigenvalue weighted by Gasteiger charge is -2.36. The standard InChI is InChI=1S/C17H30ClNO4/c1-5-22-15(20)14(7-6-10-18)13-8-11-19(12-9-13)16(21)23-17(2,3)4/h13-14H,5-12H2,1-4H3. The summed E-state index contributed by atoms with van der Waals surface area (Å²) >= 11 is 5.77. The van der Waals surface area contributed by atoms with Crippen LogP contribution in [0.25, 0.3) is 0 Å². The second-order valence-corrected chi connectivity index (χ2v) is 7.37. The number of amides is 1. The zero-order valence-corrected chi connectivity index (χ0v) is 15.5. The molecule has 1 amide bonds. The largest absolute Gasteiger partial charge is 0.466 e. The van der Waals surface area contributed by atoms with E-state index in [-0.39, 0.29) is 23.9 Å². The topological polar surface area (TPSA) is 55.8 Å². The molecule has 1 heterocycles. The number of halogens is 1. The molecule has 0 bridgehead atoms. The molecule has 0 aromatic carbocycles. The Morgan fingerprint density at radius 2 is 1.87 bits per heavy atom. The molecule has 134 valence electrons. The van der Waals surface area contributed by atoms with Gasteiger partial charge in [-0.1, -0.05) is 0 Å². The van der Waals surface area contributed by atoms with E-state index in [0.717, 1.165) is 25.7 Å². The van der Waals surface area contributed by atoms with Crippen LogP contribution >= 0.6 is 11.6 Å². The van der Waals surface area contributed by atoms with Crippen molar-refractivity contribution in [1.29, 1.82) is 0 Å². The van der Waals surface area contributed by atoms with Gasteiger partial charge in [0.2, 0.25) is 0 Å². The fraction of sp³-hybridized carbons (Fsp3) is 0.882. The zero-order valence-electron chi connectivity index (χ0n) is 14.8. The minimum Gasteiger partial charge on any atom is -0.466 e. The van der Waals surface area contributed by atoms with Gasteiger partial charge < -0.3 is 14.4 Å². The molecule has 0 aromatic rings. The van der Waals surface area contributed by atoms with Gasteiger partial charge in [0.05, 0.1) is 12.5 Å². The number of ether oxygens (including phenoxy) is 2. The number of nitrogens with zero attached hydrogens (tertiary/aromatic N) is 1. The van der Waals surface area contributed by atoms with E-state index < -0.39 is 5.60 Å². The number of likely N-dealkylation sites (tertiary alicyclic amines) is 1. The van der Waals surface area contributed by atoms with E-state index in [1.807, 2.05) is 27.7 Å². The molecule has 1 aliphatic rings. The molecule has 0 aliphatic carbocycles. The third-order valence-corrected chi connectivity index (χ3v) is 4.27. The number of carbonyl (C=O) groups excluding carboxylic acids is 2. The lowest BCUT2D eigenvalue weighted by molar-refractivity contribution is -0.151. The van der Waals surface area contributed by atoms with Crippen LogP contribution in [0.15, 0.2) is 0 Å². The Kier molecular flexibility index (Phi) is 8.17. The fourth-order valence-electron chi connectivity index (χ4n) is 2.90. The van der Waals surface area contributed by atoms with Gasteiger partial charge >= 0.3 is 12.1 Å². The molecule has 1 fully saturated rings. The molecule has 5 nitrogen and oxygen atoms in total. The van der Waals surface area contributed by atoms with Crippen molar-refractivity contribution in [1.82, 2.24) is 4.90 Å². The zero-order chi connectivity index (χ0) is 17.5. The Hall–Kier alpha value is -0.970. The average Bonchev–Trinajstić information content (AvgIpc) is 2.47. The quantitative estimate of drug-likeness (QED) is 0.541. The number of hydrogen-bond acceptors (Lipinski definition) is 4.